The van der Waals surface area contributed by atoms with Crippen LogP contribution >= 0.6 is 0 Å². The van der Waals surface area contributed by atoms with E-state index in [1.165, 1.54) is 11.6 Å². The highest BCUT2D eigenvalue weighted by Gasteiger charge is 2.28. The van der Waals surface area contributed by atoms with E-state index in [4.69, 9.17) is 0 Å². The van der Waals surface area contributed by atoms with Gasteiger partial charge in [-0.1, -0.05) is 30.3 Å². The minimum Gasteiger partial charge on any atom is -0.393 e. The summed E-state index contributed by atoms with van der Waals surface area (Å²) in [6, 6.07) is 13.0. The van der Waals surface area contributed by atoms with Gasteiger partial charge >= 0.3 is 0 Å². The quantitative estimate of drug-likeness (QED) is 0.882. The smallest absolute Gasteiger partial charge is 0.256 e. The maximum absolute atomic E-state index is 13.8. The Morgan fingerprint density at radius 1 is 1.12 bits per heavy atom. The van der Waals surface area contributed by atoms with Crippen molar-refractivity contribution in [3.05, 3.63) is 71.3 Å². The number of nitrogens with zero attached hydrogens (tertiary/aromatic N) is 1. The van der Waals surface area contributed by atoms with Crippen LogP contribution in [0.5, 0.6) is 0 Å². The van der Waals surface area contributed by atoms with E-state index in [0.29, 0.717) is 32.4 Å². The van der Waals surface area contributed by atoms with Crippen molar-refractivity contribution in [1.29, 1.82) is 0 Å². The standard InChI is InChI=1S/C21H23F2NO2/c22-17-7-8-18(19(23)14-17)21(26)24-12-10-16(11-13-24)20(25)9-6-15-4-2-1-3-5-15/h1-5,7-8,14,16,20,25H,6,9-13H2/t20-/m1/s1. The first-order chi connectivity index (χ1) is 12.5. The first kappa shape index (κ1) is 18.5. The Balaban J connectivity index is 1.51. The number of aryl methyl sites for hydroxylation is 1. The van der Waals surface area contributed by atoms with Gasteiger partial charge in [0, 0.05) is 19.2 Å². The highest BCUT2D eigenvalue weighted by Crippen LogP contribution is 2.25. The fourth-order valence-electron chi connectivity index (χ4n) is 3.52. The number of benzene rings is 2. The Kier molecular flexibility index (Phi) is 5.99. The number of rotatable bonds is 5. The van der Waals surface area contributed by atoms with E-state index in [-0.39, 0.29) is 11.5 Å². The topological polar surface area (TPSA) is 40.5 Å². The Morgan fingerprint density at radius 3 is 2.46 bits per heavy atom. The molecular weight excluding hydrogens is 336 g/mol. The normalized spacial score (nSPS) is 16.5. The van der Waals surface area contributed by atoms with Crippen molar-refractivity contribution in [2.45, 2.75) is 31.8 Å². The van der Waals surface area contributed by atoms with Crippen LogP contribution in [0.1, 0.15) is 35.2 Å². The molecule has 1 amide bonds. The lowest BCUT2D eigenvalue weighted by Gasteiger charge is -2.34. The molecule has 1 N–H and O–H groups in total. The van der Waals surface area contributed by atoms with Gasteiger partial charge in [-0.25, -0.2) is 8.78 Å². The molecule has 0 unspecified atom stereocenters. The minimum atomic E-state index is -0.833. The van der Waals surface area contributed by atoms with Crippen LogP contribution in [0.15, 0.2) is 48.5 Å². The lowest BCUT2D eigenvalue weighted by molar-refractivity contribution is 0.0434. The summed E-state index contributed by atoms with van der Waals surface area (Å²) in [6.07, 6.45) is 2.47. The van der Waals surface area contributed by atoms with Gasteiger partial charge in [0.2, 0.25) is 0 Å². The summed E-state index contributed by atoms with van der Waals surface area (Å²) in [5.74, 6) is -1.81. The van der Waals surface area contributed by atoms with E-state index in [0.717, 1.165) is 18.6 Å². The first-order valence-corrected chi connectivity index (χ1v) is 9.01. The number of aliphatic hydroxyl groups excluding tert-OH is 1. The number of aliphatic hydroxyl groups is 1. The molecule has 1 atom stereocenters. The van der Waals surface area contributed by atoms with Crippen LogP contribution in [-0.4, -0.2) is 35.1 Å². The fourth-order valence-corrected chi connectivity index (χ4v) is 3.52. The van der Waals surface area contributed by atoms with Crippen molar-refractivity contribution >= 4 is 5.91 Å². The number of carbonyl (C=O) groups is 1. The third-order valence-corrected chi connectivity index (χ3v) is 5.10. The average Bonchev–Trinajstić information content (AvgIpc) is 2.66. The fraction of sp³-hybridized carbons (Fsp3) is 0.381. The number of amides is 1. The van der Waals surface area contributed by atoms with E-state index in [9.17, 15) is 18.7 Å². The van der Waals surface area contributed by atoms with Crippen molar-refractivity contribution < 1.29 is 18.7 Å². The molecule has 0 spiro atoms. The molecule has 0 aromatic heterocycles. The molecule has 1 aliphatic heterocycles. The van der Waals surface area contributed by atoms with Crippen LogP contribution in [0.4, 0.5) is 8.78 Å². The molecule has 26 heavy (non-hydrogen) atoms. The van der Waals surface area contributed by atoms with Crippen LogP contribution in [-0.2, 0) is 6.42 Å². The van der Waals surface area contributed by atoms with E-state index < -0.39 is 23.6 Å². The van der Waals surface area contributed by atoms with Gasteiger partial charge in [0.15, 0.2) is 0 Å². The minimum absolute atomic E-state index is 0.102. The predicted octanol–water partition coefficient (Wildman–Crippen LogP) is 3.81. The van der Waals surface area contributed by atoms with Crippen LogP contribution in [0.3, 0.4) is 0 Å². The van der Waals surface area contributed by atoms with Crippen LogP contribution < -0.4 is 0 Å². The molecule has 138 valence electrons. The van der Waals surface area contributed by atoms with Gasteiger partial charge in [-0.2, -0.15) is 0 Å². The number of halogens is 2. The molecule has 1 saturated heterocycles. The molecule has 0 bridgehead atoms. The number of carbonyl (C=O) groups excluding carboxylic acids is 1. The second kappa shape index (κ2) is 8.41. The zero-order valence-electron chi connectivity index (χ0n) is 14.6. The van der Waals surface area contributed by atoms with Gasteiger partial charge in [-0.15, -0.1) is 0 Å². The van der Waals surface area contributed by atoms with Gasteiger partial charge in [0.25, 0.3) is 5.91 Å². The number of piperidine rings is 1. The summed E-state index contributed by atoms with van der Waals surface area (Å²) in [5, 5.41) is 10.4. The second-order valence-corrected chi connectivity index (χ2v) is 6.85. The SMILES string of the molecule is O=C(c1ccc(F)cc1F)N1CCC([C@H](O)CCc2ccccc2)CC1. The molecule has 0 saturated carbocycles. The van der Waals surface area contributed by atoms with Crippen molar-refractivity contribution in [3.63, 3.8) is 0 Å². The van der Waals surface area contributed by atoms with E-state index in [1.54, 1.807) is 4.90 Å². The molecule has 5 heteroatoms. The summed E-state index contributed by atoms with van der Waals surface area (Å²) < 4.78 is 26.8. The average molecular weight is 359 g/mol. The monoisotopic (exact) mass is 359 g/mol. The van der Waals surface area contributed by atoms with Crippen molar-refractivity contribution in [3.8, 4) is 0 Å². The Labute approximate surface area is 152 Å². The van der Waals surface area contributed by atoms with Gasteiger partial charge in [-0.3, -0.25) is 4.79 Å². The molecule has 0 radical (unpaired) electrons. The third-order valence-electron chi connectivity index (χ3n) is 5.10. The van der Waals surface area contributed by atoms with Crippen molar-refractivity contribution in [1.82, 2.24) is 4.90 Å². The molecule has 3 nitrogen and oxygen atoms in total. The van der Waals surface area contributed by atoms with E-state index in [2.05, 4.69) is 0 Å². The lowest BCUT2D eigenvalue weighted by Crippen LogP contribution is -2.41. The molecule has 2 aromatic carbocycles. The highest BCUT2D eigenvalue weighted by atomic mass is 19.1. The van der Waals surface area contributed by atoms with Gasteiger partial charge < -0.3 is 10.0 Å². The lowest BCUT2D eigenvalue weighted by atomic mass is 9.88. The Bertz CT molecular complexity index is 743. The van der Waals surface area contributed by atoms with Gasteiger partial charge in [0.1, 0.15) is 11.6 Å². The maximum Gasteiger partial charge on any atom is 0.256 e. The predicted molar refractivity (Wildman–Crippen MR) is 95.8 cm³/mol. The Morgan fingerprint density at radius 2 is 1.81 bits per heavy atom. The molecule has 1 aliphatic rings. The van der Waals surface area contributed by atoms with Crippen molar-refractivity contribution in [2.24, 2.45) is 5.92 Å². The molecule has 1 fully saturated rings. The zero-order chi connectivity index (χ0) is 18.5. The molecule has 3 rings (SSSR count). The summed E-state index contributed by atoms with van der Waals surface area (Å²) >= 11 is 0. The van der Waals surface area contributed by atoms with Gasteiger partial charge in [-0.05, 0) is 49.3 Å². The largest absolute Gasteiger partial charge is 0.393 e. The second-order valence-electron chi connectivity index (χ2n) is 6.85. The summed E-state index contributed by atoms with van der Waals surface area (Å²) in [6.45, 7) is 0.950. The van der Waals surface area contributed by atoms with Crippen LogP contribution in [0.2, 0.25) is 0 Å². The molecular formula is C21H23F2NO2. The molecule has 1 heterocycles. The van der Waals surface area contributed by atoms with Gasteiger partial charge in [0.05, 0.1) is 11.7 Å². The Hall–Kier alpha value is -2.27. The van der Waals surface area contributed by atoms with E-state index in [1.807, 2.05) is 30.3 Å². The van der Waals surface area contributed by atoms with Crippen LogP contribution in [0, 0.1) is 17.6 Å². The first-order valence-electron chi connectivity index (χ1n) is 9.01. The zero-order valence-corrected chi connectivity index (χ0v) is 14.6. The number of hydrogen-bond donors (Lipinski definition) is 1. The van der Waals surface area contributed by atoms with Crippen LogP contribution in [0.25, 0.3) is 0 Å². The van der Waals surface area contributed by atoms with E-state index >= 15 is 0 Å². The highest BCUT2D eigenvalue weighted by molar-refractivity contribution is 5.94. The third kappa shape index (κ3) is 4.47. The molecule has 0 aliphatic carbocycles. The summed E-state index contributed by atoms with van der Waals surface area (Å²) in [5.41, 5.74) is 1.10. The van der Waals surface area contributed by atoms with Crippen molar-refractivity contribution in [2.75, 3.05) is 13.1 Å². The number of hydrogen-bond acceptors (Lipinski definition) is 2. The summed E-state index contributed by atoms with van der Waals surface area (Å²) in [7, 11) is 0. The maximum atomic E-state index is 13.8. The summed E-state index contributed by atoms with van der Waals surface area (Å²) in [4.78, 5) is 14.0. The number of likely N-dealkylation sites (tertiary alicyclic amines) is 1. The molecule has 2 aromatic rings.